The van der Waals surface area contributed by atoms with Crippen molar-refractivity contribution in [2.45, 2.75) is 43.7 Å². The van der Waals surface area contributed by atoms with Crippen molar-refractivity contribution >= 4 is 16.3 Å². The lowest BCUT2D eigenvalue weighted by molar-refractivity contribution is -0.484. The zero-order valence-electron chi connectivity index (χ0n) is 13.6. The summed E-state index contributed by atoms with van der Waals surface area (Å²) < 4.78 is 6.00. The summed E-state index contributed by atoms with van der Waals surface area (Å²) in [7, 11) is 0. The molecule has 2 fully saturated rings. The minimum absolute atomic E-state index is 0.258. The van der Waals surface area contributed by atoms with Crippen LogP contribution in [0.3, 0.4) is 0 Å². The maximum atomic E-state index is 9.65. The molecule has 1 aliphatic heterocycles. The van der Waals surface area contributed by atoms with Gasteiger partial charge < -0.3 is 9.84 Å². The summed E-state index contributed by atoms with van der Waals surface area (Å²) in [5.74, 6) is -0.700. The smallest absolute Gasteiger partial charge is 0.201 e. The molecule has 1 saturated carbocycles. The second-order valence-electron chi connectivity index (χ2n) is 6.67. The van der Waals surface area contributed by atoms with E-state index in [4.69, 9.17) is 14.5 Å². The van der Waals surface area contributed by atoms with Crippen LogP contribution >= 0.6 is 0 Å². The molecule has 4 rings (SSSR count). The van der Waals surface area contributed by atoms with Crippen LogP contribution in [-0.2, 0) is 14.5 Å². The van der Waals surface area contributed by atoms with Gasteiger partial charge in [-0.3, -0.25) is 0 Å². The van der Waals surface area contributed by atoms with Crippen molar-refractivity contribution in [3.05, 3.63) is 54.6 Å². The molecular formula is C20H22O4. The van der Waals surface area contributed by atoms with E-state index in [1.807, 2.05) is 18.2 Å². The van der Waals surface area contributed by atoms with Crippen molar-refractivity contribution in [1.82, 2.24) is 0 Å². The van der Waals surface area contributed by atoms with Crippen LogP contribution in [0.25, 0.3) is 16.3 Å². The van der Waals surface area contributed by atoms with Crippen molar-refractivity contribution in [3.8, 4) is 0 Å². The zero-order valence-corrected chi connectivity index (χ0v) is 13.6. The third-order valence-corrected chi connectivity index (χ3v) is 5.06. The lowest BCUT2D eigenvalue weighted by Crippen LogP contribution is -2.48. The lowest BCUT2D eigenvalue weighted by Gasteiger charge is -2.42. The number of ether oxygens (including phenoxy) is 1. The van der Waals surface area contributed by atoms with E-state index in [9.17, 15) is 5.11 Å². The molecule has 1 unspecified atom stereocenters. The second kappa shape index (κ2) is 6.30. The standard InChI is InChI=1S/C20H22O4/c1-14(17-8-4-6-15-5-2-3-7-18(15)17)19-13-22-20(24-23-19)11-9-16(21)10-12-20/h2-8,16,19,21H,1,9-13H2. The molecule has 126 valence electrons. The van der Waals surface area contributed by atoms with E-state index >= 15 is 0 Å². The number of hydrogen-bond acceptors (Lipinski definition) is 4. The molecule has 4 nitrogen and oxygen atoms in total. The average molecular weight is 326 g/mol. The van der Waals surface area contributed by atoms with Crippen LogP contribution in [0.5, 0.6) is 0 Å². The maximum Gasteiger partial charge on any atom is 0.201 e. The predicted octanol–water partition coefficient (Wildman–Crippen LogP) is 3.83. The molecule has 0 aromatic heterocycles. The van der Waals surface area contributed by atoms with Crippen LogP contribution in [0.1, 0.15) is 31.2 Å². The van der Waals surface area contributed by atoms with Gasteiger partial charge in [0.15, 0.2) is 0 Å². The summed E-state index contributed by atoms with van der Waals surface area (Å²) in [5.41, 5.74) is 1.91. The van der Waals surface area contributed by atoms with E-state index in [-0.39, 0.29) is 12.2 Å². The molecule has 24 heavy (non-hydrogen) atoms. The van der Waals surface area contributed by atoms with Crippen molar-refractivity contribution in [2.75, 3.05) is 6.61 Å². The second-order valence-corrected chi connectivity index (χ2v) is 6.67. The molecule has 0 radical (unpaired) electrons. The van der Waals surface area contributed by atoms with E-state index in [1.54, 1.807) is 0 Å². The SMILES string of the molecule is C=C(c1cccc2ccccc12)C1COC2(CCC(O)CC2)OO1. The first kappa shape index (κ1) is 15.8. The largest absolute Gasteiger partial charge is 0.393 e. The molecular weight excluding hydrogens is 304 g/mol. The van der Waals surface area contributed by atoms with E-state index in [2.05, 4.69) is 30.8 Å². The van der Waals surface area contributed by atoms with Gasteiger partial charge in [0, 0.05) is 12.8 Å². The fraction of sp³-hybridized carbons (Fsp3) is 0.400. The monoisotopic (exact) mass is 326 g/mol. The molecule has 1 heterocycles. The van der Waals surface area contributed by atoms with Gasteiger partial charge in [0.2, 0.25) is 5.79 Å². The Kier molecular flexibility index (Phi) is 4.14. The lowest BCUT2D eigenvalue weighted by atomic mass is 9.91. The van der Waals surface area contributed by atoms with E-state index in [0.717, 1.165) is 16.5 Å². The third-order valence-electron chi connectivity index (χ3n) is 5.06. The Morgan fingerprint density at radius 2 is 1.83 bits per heavy atom. The van der Waals surface area contributed by atoms with Gasteiger partial charge in [-0.25, -0.2) is 9.78 Å². The molecule has 1 spiro atoms. The number of hydrogen-bond donors (Lipinski definition) is 1. The minimum atomic E-state index is -0.700. The Morgan fingerprint density at radius 3 is 2.58 bits per heavy atom. The van der Waals surface area contributed by atoms with Crippen LogP contribution in [0, 0.1) is 0 Å². The molecule has 1 saturated heterocycles. The molecule has 1 atom stereocenters. The molecule has 1 aliphatic carbocycles. The predicted molar refractivity (Wildman–Crippen MR) is 92.1 cm³/mol. The first-order valence-corrected chi connectivity index (χ1v) is 8.50. The van der Waals surface area contributed by atoms with Crippen molar-refractivity contribution in [2.24, 2.45) is 0 Å². The first-order chi connectivity index (χ1) is 11.7. The van der Waals surface area contributed by atoms with E-state index in [0.29, 0.717) is 32.3 Å². The Morgan fingerprint density at radius 1 is 1.08 bits per heavy atom. The summed E-state index contributed by atoms with van der Waals surface area (Å²) >= 11 is 0. The quantitative estimate of drug-likeness (QED) is 0.852. The normalized spacial score (nSPS) is 30.5. The van der Waals surface area contributed by atoms with E-state index in [1.165, 1.54) is 5.39 Å². The maximum absolute atomic E-state index is 9.65. The van der Waals surface area contributed by atoms with Gasteiger partial charge in [-0.2, -0.15) is 0 Å². The highest BCUT2D eigenvalue weighted by Gasteiger charge is 2.43. The molecule has 2 aromatic carbocycles. The van der Waals surface area contributed by atoms with Crippen LogP contribution in [0.4, 0.5) is 0 Å². The summed E-state index contributed by atoms with van der Waals surface area (Å²) in [6.07, 6.45) is 2.08. The van der Waals surface area contributed by atoms with Gasteiger partial charge in [0.05, 0.1) is 12.7 Å². The Bertz CT molecular complexity index is 731. The van der Waals surface area contributed by atoms with Gasteiger partial charge in [0.25, 0.3) is 0 Å². The van der Waals surface area contributed by atoms with Gasteiger partial charge in [0.1, 0.15) is 6.10 Å². The van der Waals surface area contributed by atoms with Crippen molar-refractivity contribution in [3.63, 3.8) is 0 Å². The molecule has 0 bridgehead atoms. The molecule has 2 aliphatic rings. The number of fused-ring (bicyclic) bond motifs is 1. The number of aliphatic hydroxyl groups excluding tert-OH is 1. The molecule has 4 heteroatoms. The van der Waals surface area contributed by atoms with Crippen LogP contribution in [0.2, 0.25) is 0 Å². The van der Waals surface area contributed by atoms with Crippen molar-refractivity contribution in [1.29, 1.82) is 0 Å². The first-order valence-electron chi connectivity index (χ1n) is 8.50. The minimum Gasteiger partial charge on any atom is -0.393 e. The Labute approximate surface area is 141 Å². The van der Waals surface area contributed by atoms with Crippen LogP contribution in [0.15, 0.2) is 49.0 Å². The van der Waals surface area contributed by atoms with Gasteiger partial charge in [-0.15, -0.1) is 0 Å². The van der Waals surface area contributed by atoms with Gasteiger partial charge >= 0.3 is 0 Å². The van der Waals surface area contributed by atoms with Gasteiger partial charge in [-0.05, 0) is 34.8 Å². The Balaban J connectivity index is 1.50. The summed E-state index contributed by atoms with van der Waals surface area (Å²) in [6.45, 7) is 4.63. The van der Waals surface area contributed by atoms with Crippen molar-refractivity contribution < 1.29 is 19.6 Å². The summed E-state index contributed by atoms with van der Waals surface area (Å²) in [5, 5.41) is 12.0. The Hall–Kier alpha value is -1.72. The molecule has 0 amide bonds. The van der Waals surface area contributed by atoms with Crippen LogP contribution in [-0.4, -0.2) is 29.7 Å². The topological polar surface area (TPSA) is 47.9 Å². The van der Waals surface area contributed by atoms with Crippen LogP contribution < -0.4 is 0 Å². The summed E-state index contributed by atoms with van der Waals surface area (Å²) in [6, 6.07) is 14.4. The number of aliphatic hydroxyl groups is 1. The highest BCUT2D eigenvalue weighted by Crippen LogP contribution is 2.38. The summed E-state index contributed by atoms with van der Waals surface area (Å²) in [4.78, 5) is 11.3. The number of benzene rings is 2. The number of rotatable bonds is 2. The average Bonchev–Trinajstić information content (AvgIpc) is 2.64. The zero-order chi connectivity index (χ0) is 16.6. The third kappa shape index (κ3) is 2.87. The fourth-order valence-electron chi connectivity index (χ4n) is 3.53. The molecule has 2 aromatic rings. The highest BCUT2D eigenvalue weighted by atomic mass is 17.2. The van der Waals surface area contributed by atoms with Gasteiger partial charge in [-0.1, -0.05) is 49.0 Å². The van der Waals surface area contributed by atoms with E-state index < -0.39 is 5.79 Å². The fourth-order valence-corrected chi connectivity index (χ4v) is 3.53. The highest BCUT2D eigenvalue weighted by molar-refractivity contribution is 5.94. The molecule has 1 N–H and O–H groups in total.